The predicted molar refractivity (Wildman–Crippen MR) is 131 cm³/mol. The van der Waals surface area contributed by atoms with Crippen molar-refractivity contribution in [3.05, 3.63) is 68.6 Å². The van der Waals surface area contributed by atoms with Gasteiger partial charge in [0.25, 0.3) is 0 Å². The van der Waals surface area contributed by atoms with E-state index < -0.39 is 0 Å². The molecular formula is C22H28Br3N2O2+. The lowest BCUT2D eigenvalue weighted by Gasteiger charge is -2.18. The molecule has 1 N–H and O–H groups in total. The van der Waals surface area contributed by atoms with E-state index in [-0.39, 0.29) is 11.8 Å². The molecule has 7 heteroatoms. The monoisotopic (exact) mass is 589 g/mol. The Bertz CT molecular complexity index is 761. The molecule has 2 amide bonds. The summed E-state index contributed by atoms with van der Waals surface area (Å²) in [5.41, 5.74) is 2.46. The first-order chi connectivity index (χ1) is 13.7. The van der Waals surface area contributed by atoms with Gasteiger partial charge in [-0.05, 0) is 42.3 Å². The number of halogens is 3. The third-order valence-corrected chi connectivity index (χ3v) is 5.23. The number of hydrogen-bond donors (Lipinski definition) is 1. The van der Waals surface area contributed by atoms with E-state index in [4.69, 9.17) is 0 Å². The standard InChI is InChI=1S/C11H14BrNO.C7H6Br2.C4H7NO/c1-3-13(9(2)14)8-10-4-6-11(12)7-5-10;8-5-6-1-3-7(9)4-2-6;1-3-5-4(2)6/h4-7H,3,8H2,1-2H3;1-4H,5H2;3H,1-2H3/p+1. The molecule has 0 aliphatic heterocycles. The average molecular weight is 592 g/mol. The molecule has 0 unspecified atom stereocenters. The van der Waals surface area contributed by atoms with Gasteiger partial charge in [-0.1, -0.05) is 72.1 Å². The maximum atomic E-state index is 11.2. The van der Waals surface area contributed by atoms with Crippen molar-refractivity contribution in [2.24, 2.45) is 0 Å². The molecule has 0 atom stereocenters. The minimum atomic E-state index is -0.0162. The number of carbonyl (C=O) groups excluding carboxylic acids is 2. The Kier molecular flexibility index (Phi) is 15.7. The number of nitrogens with zero attached hydrogens (tertiary/aromatic N) is 1. The fraction of sp³-hybridized carbons (Fsp3) is 0.318. The average Bonchev–Trinajstić information content (AvgIpc) is 2.69. The Morgan fingerprint density at radius 3 is 1.66 bits per heavy atom. The van der Waals surface area contributed by atoms with Crippen molar-refractivity contribution in [2.45, 2.75) is 39.6 Å². The first kappa shape index (κ1) is 27.7. The zero-order valence-electron chi connectivity index (χ0n) is 17.2. The van der Waals surface area contributed by atoms with Gasteiger partial charge in [0.05, 0.1) is 6.92 Å². The first-order valence-electron chi connectivity index (χ1n) is 9.08. The van der Waals surface area contributed by atoms with Gasteiger partial charge in [-0.15, -0.1) is 0 Å². The summed E-state index contributed by atoms with van der Waals surface area (Å²) in [4.78, 5) is 25.3. The molecule has 0 spiro atoms. The van der Waals surface area contributed by atoms with Gasteiger partial charge >= 0.3 is 5.91 Å². The second-order valence-corrected chi connectivity index (χ2v) is 8.30. The molecule has 0 saturated carbocycles. The molecule has 2 aromatic rings. The predicted octanol–water partition coefficient (Wildman–Crippen LogP) is 4.87. The zero-order chi connectivity index (χ0) is 22.2. The molecule has 0 heterocycles. The molecule has 0 aliphatic rings. The first-order valence-corrected chi connectivity index (χ1v) is 11.8. The maximum Gasteiger partial charge on any atom is 0.381 e. The molecule has 0 aliphatic carbocycles. The SMILES string of the molecule is BrCc1ccc(Br)cc1.CC=[NH+]C(C)=O.CCN(Cc1ccc(Br)cc1)C(C)=O. The van der Waals surface area contributed by atoms with E-state index in [2.05, 4.69) is 64.9 Å². The second-order valence-electron chi connectivity index (χ2n) is 5.91. The van der Waals surface area contributed by atoms with Gasteiger partial charge in [-0.3, -0.25) is 4.79 Å². The highest BCUT2D eigenvalue weighted by Gasteiger charge is 2.05. The van der Waals surface area contributed by atoms with Gasteiger partial charge in [-0.2, -0.15) is 4.99 Å². The molecular weight excluding hydrogens is 564 g/mol. The van der Waals surface area contributed by atoms with Gasteiger partial charge in [0.1, 0.15) is 6.21 Å². The van der Waals surface area contributed by atoms with Crippen LogP contribution in [0.2, 0.25) is 0 Å². The number of alkyl halides is 1. The Labute approximate surface area is 199 Å². The molecule has 0 saturated heterocycles. The Balaban J connectivity index is 0.000000448. The lowest BCUT2D eigenvalue weighted by Crippen LogP contribution is -2.72. The van der Waals surface area contributed by atoms with Crippen LogP contribution < -0.4 is 4.99 Å². The minimum absolute atomic E-state index is 0.0162. The van der Waals surface area contributed by atoms with E-state index in [1.807, 2.05) is 48.2 Å². The van der Waals surface area contributed by atoms with Crippen molar-refractivity contribution in [3.8, 4) is 0 Å². The van der Waals surface area contributed by atoms with Gasteiger partial charge in [0.2, 0.25) is 5.91 Å². The molecule has 0 fully saturated rings. The van der Waals surface area contributed by atoms with Crippen molar-refractivity contribution in [2.75, 3.05) is 6.54 Å². The van der Waals surface area contributed by atoms with E-state index in [0.29, 0.717) is 6.54 Å². The fourth-order valence-corrected chi connectivity index (χ4v) is 2.94. The summed E-state index contributed by atoms with van der Waals surface area (Å²) in [6.45, 7) is 8.27. The Hall–Kier alpha value is -1.31. The Morgan fingerprint density at radius 1 is 0.931 bits per heavy atom. The summed E-state index contributed by atoms with van der Waals surface area (Å²) in [5, 5.41) is 0.931. The molecule has 0 bridgehead atoms. The zero-order valence-corrected chi connectivity index (χ0v) is 22.0. The van der Waals surface area contributed by atoms with Crippen molar-refractivity contribution < 1.29 is 14.6 Å². The van der Waals surface area contributed by atoms with Crippen molar-refractivity contribution in [3.63, 3.8) is 0 Å². The minimum Gasteiger partial charge on any atom is -0.339 e. The van der Waals surface area contributed by atoms with Crippen molar-refractivity contribution in [1.82, 2.24) is 4.90 Å². The lowest BCUT2D eigenvalue weighted by molar-refractivity contribution is -0.370. The molecule has 4 nitrogen and oxygen atoms in total. The normalized spacial score (nSPS) is 9.76. The number of carbonyl (C=O) groups is 2. The van der Waals surface area contributed by atoms with Crippen LogP contribution in [-0.4, -0.2) is 29.5 Å². The fourth-order valence-electron chi connectivity index (χ4n) is 2.03. The van der Waals surface area contributed by atoms with Crippen LogP contribution in [0.15, 0.2) is 57.5 Å². The second kappa shape index (κ2) is 16.5. The van der Waals surface area contributed by atoms with Crippen LogP contribution in [-0.2, 0) is 21.5 Å². The van der Waals surface area contributed by atoms with Gasteiger partial charge in [-0.25, -0.2) is 4.79 Å². The topological polar surface area (TPSA) is 51.4 Å². The molecule has 158 valence electrons. The summed E-state index contributed by atoms with van der Waals surface area (Å²) >= 11 is 10.1. The van der Waals surface area contributed by atoms with E-state index in [0.717, 1.165) is 26.4 Å². The van der Waals surface area contributed by atoms with Gasteiger partial charge < -0.3 is 4.90 Å². The summed E-state index contributed by atoms with van der Waals surface area (Å²) in [5.74, 6) is 0.105. The highest BCUT2D eigenvalue weighted by molar-refractivity contribution is 9.10. The van der Waals surface area contributed by atoms with Crippen LogP contribution in [0.3, 0.4) is 0 Å². The number of amides is 2. The highest BCUT2D eigenvalue weighted by Crippen LogP contribution is 2.13. The van der Waals surface area contributed by atoms with Crippen molar-refractivity contribution in [1.29, 1.82) is 0 Å². The van der Waals surface area contributed by atoms with Gasteiger partial charge in [0.15, 0.2) is 0 Å². The van der Waals surface area contributed by atoms with E-state index in [9.17, 15) is 9.59 Å². The van der Waals surface area contributed by atoms with Crippen molar-refractivity contribution >= 4 is 65.8 Å². The van der Waals surface area contributed by atoms with Crippen LogP contribution >= 0.6 is 47.8 Å². The molecule has 29 heavy (non-hydrogen) atoms. The molecule has 2 rings (SSSR count). The van der Waals surface area contributed by atoms with Crippen LogP contribution in [0.4, 0.5) is 0 Å². The van der Waals surface area contributed by atoms with E-state index in [1.165, 1.54) is 12.5 Å². The number of rotatable bonds is 4. The van der Waals surface area contributed by atoms with Crippen LogP contribution in [0.5, 0.6) is 0 Å². The lowest BCUT2D eigenvalue weighted by atomic mass is 10.2. The maximum absolute atomic E-state index is 11.2. The highest BCUT2D eigenvalue weighted by atomic mass is 79.9. The third kappa shape index (κ3) is 14.3. The summed E-state index contributed by atoms with van der Waals surface area (Å²) in [6, 6.07) is 16.3. The quantitative estimate of drug-likeness (QED) is 0.408. The number of nitrogens with one attached hydrogen (secondary N) is 1. The smallest absolute Gasteiger partial charge is 0.339 e. The van der Waals surface area contributed by atoms with Crippen LogP contribution in [0, 0.1) is 0 Å². The Morgan fingerprint density at radius 2 is 1.38 bits per heavy atom. The summed E-state index contributed by atoms with van der Waals surface area (Å²) in [6.07, 6.45) is 1.60. The van der Waals surface area contributed by atoms with Gasteiger partial charge in [0, 0.05) is 41.2 Å². The largest absolute Gasteiger partial charge is 0.381 e. The molecule has 2 aromatic carbocycles. The number of hydrogen-bond acceptors (Lipinski definition) is 2. The molecule has 0 radical (unpaired) electrons. The van der Waals surface area contributed by atoms with Crippen LogP contribution in [0.1, 0.15) is 38.8 Å². The summed E-state index contributed by atoms with van der Waals surface area (Å²) < 4.78 is 2.19. The summed E-state index contributed by atoms with van der Waals surface area (Å²) in [7, 11) is 0. The van der Waals surface area contributed by atoms with E-state index in [1.54, 1.807) is 20.1 Å². The third-order valence-electron chi connectivity index (χ3n) is 3.53. The van der Waals surface area contributed by atoms with Crippen LogP contribution in [0.25, 0.3) is 0 Å². The molecule has 0 aromatic heterocycles. The number of benzene rings is 2. The van der Waals surface area contributed by atoms with E-state index >= 15 is 0 Å².